The van der Waals surface area contributed by atoms with Gasteiger partial charge in [0.15, 0.2) is 0 Å². The van der Waals surface area contributed by atoms with Crippen molar-refractivity contribution in [3.05, 3.63) is 65.2 Å². The summed E-state index contributed by atoms with van der Waals surface area (Å²) in [7, 11) is 0. The monoisotopic (exact) mass is 378 g/mol. The fraction of sp³-hybridized carbons (Fsp3) is 0.391. The normalized spacial score (nSPS) is 18.1. The molecule has 2 aliphatic heterocycles. The maximum atomic E-state index is 12.5. The highest BCUT2D eigenvalue weighted by Gasteiger charge is 2.27. The highest BCUT2D eigenvalue weighted by molar-refractivity contribution is 6.01. The van der Waals surface area contributed by atoms with E-state index in [0.717, 1.165) is 35.6 Å². The Labute approximate surface area is 165 Å². The number of nitrogens with one attached hydrogen (secondary N) is 1. The first-order valence-corrected chi connectivity index (χ1v) is 9.82. The van der Waals surface area contributed by atoms with Crippen molar-refractivity contribution < 1.29 is 14.4 Å². The Morgan fingerprint density at radius 1 is 1.21 bits per heavy atom. The van der Waals surface area contributed by atoms with Crippen molar-refractivity contribution in [2.24, 2.45) is 5.16 Å². The predicted molar refractivity (Wildman–Crippen MR) is 109 cm³/mol. The fourth-order valence-corrected chi connectivity index (χ4v) is 3.76. The molecule has 1 N–H and O–H groups in total. The predicted octanol–water partition coefficient (Wildman–Crippen LogP) is 3.60. The highest BCUT2D eigenvalue weighted by atomic mass is 16.6. The van der Waals surface area contributed by atoms with Crippen LogP contribution < -0.4 is 10.1 Å². The summed E-state index contributed by atoms with van der Waals surface area (Å²) >= 11 is 0. The summed E-state index contributed by atoms with van der Waals surface area (Å²) in [5, 5.41) is 7.24. The number of rotatable bonds is 6. The van der Waals surface area contributed by atoms with E-state index >= 15 is 0 Å². The van der Waals surface area contributed by atoms with Gasteiger partial charge in [-0.1, -0.05) is 49.3 Å². The Balaban J connectivity index is 1.28. The minimum atomic E-state index is -0.212. The number of amides is 1. The second-order valence-electron chi connectivity index (χ2n) is 8.12. The van der Waals surface area contributed by atoms with Crippen molar-refractivity contribution in [2.45, 2.75) is 44.6 Å². The molecule has 0 aromatic heterocycles. The lowest BCUT2D eigenvalue weighted by Gasteiger charge is -2.24. The van der Waals surface area contributed by atoms with Crippen molar-refractivity contribution in [1.82, 2.24) is 5.32 Å². The van der Waals surface area contributed by atoms with Crippen LogP contribution >= 0.6 is 0 Å². The largest absolute Gasteiger partial charge is 0.493 e. The van der Waals surface area contributed by atoms with Gasteiger partial charge in [-0.15, -0.1) is 0 Å². The Kier molecular flexibility index (Phi) is 5.07. The van der Waals surface area contributed by atoms with Gasteiger partial charge in [-0.2, -0.15) is 0 Å². The maximum Gasteiger partial charge on any atom is 0.221 e. The topological polar surface area (TPSA) is 59.9 Å². The molecule has 2 aliphatic rings. The molecule has 2 aromatic rings. The summed E-state index contributed by atoms with van der Waals surface area (Å²) in [6.07, 6.45) is 1.95. The first-order chi connectivity index (χ1) is 13.5. The molecule has 0 fully saturated rings. The van der Waals surface area contributed by atoms with Crippen LogP contribution in [0.4, 0.5) is 0 Å². The summed E-state index contributed by atoms with van der Waals surface area (Å²) in [5.74, 6) is 0.994. The van der Waals surface area contributed by atoms with E-state index in [9.17, 15) is 4.79 Å². The van der Waals surface area contributed by atoms with Crippen LogP contribution in [0.1, 0.15) is 43.4 Å². The standard InChI is InChI=1S/C23H26N2O3/c1-23(2,18-6-4-3-5-7-18)14-22(26)24-15-19-13-20(25-28-19)16-8-9-21-17(12-16)10-11-27-21/h3-9,12,19H,10-11,13-15H2,1-2H3,(H,24,26)/t19-/m0/s1. The van der Waals surface area contributed by atoms with Gasteiger partial charge in [-0.3, -0.25) is 4.79 Å². The van der Waals surface area contributed by atoms with Crippen molar-refractivity contribution in [2.75, 3.05) is 13.2 Å². The number of hydrogen-bond acceptors (Lipinski definition) is 4. The van der Waals surface area contributed by atoms with Crippen LogP contribution in [-0.4, -0.2) is 30.9 Å². The van der Waals surface area contributed by atoms with Gasteiger partial charge in [0.2, 0.25) is 5.91 Å². The number of benzene rings is 2. The minimum Gasteiger partial charge on any atom is -0.493 e. The van der Waals surface area contributed by atoms with Crippen LogP contribution in [0.5, 0.6) is 5.75 Å². The first kappa shape index (κ1) is 18.5. The number of ether oxygens (including phenoxy) is 1. The number of fused-ring (bicyclic) bond motifs is 1. The lowest BCUT2D eigenvalue weighted by atomic mass is 9.81. The van der Waals surface area contributed by atoms with Gasteiger partial charge in [0.1, 0.15) is 11.9 Å². The molecule has 0 spiro atoms. The molecule has 0 saturated carbocycles. The average Bonchev–Trinajstić information content (AvgIpc) is 3.35. The van der Waals surface area contributed by atoms with Gasteiger partial charge < -0.3 is 14.9 Å². The summed E-state index contributed by atoms with van der Waals surface area (Å²) in [4.78, 5) is 18.0. The fourth-order valence-electron chi connectivity index (χ4n) is 3.76. The number of oxime groups is 1. The summed E-state index contributed by atoms with van der Waals surface area (Å²) in [5.41, 5.74) is 4.17. The maximum absolute atomic E-state index is 12.5. The molecule has 2 heterocycles. The van der Waals surface area contributed by atoms with E-state index < -0.39 is 0 Å². The van der Waals surface area contributed by atoms with Crippen LogP contribution in [0.25, 0.3) is 0 Å². The van der Waals surface area contributed by atoms with Crippen LogP contribution in [0.3, 0.4) is 0 Å². The van der Waals surface area contributed by atoms with Gasteiger partial charge in [0.25, 0.3) is 0 Å². The van der Waals surface area contributed by atoms with Crippen LogP contribution in [0.2, 0.25) is 0 Å². The Hall–Kier alpha value is -2.82. The molecule has 0 unspecified atom stereocenters. The Morgan fingerprint density at radius 2 is 2.04 bits per heavy atom. The second-order valence-corrected chi connectivity index (χ2v) is 8.12. The van der Waals surface area contributed by atoms with Crippen LogP contribution in [0.15, 0.2) is 53.7 Å². The van der Waals surface area contributed by atoms with Crippen LogP contribution in [0, 0.1) is 0 Å². The molecular formula is C23H26N2O3. The molecule has 0 saturated heterocycles. The van der Waals surface area contributed by atoms with Gasteiger partial charge in [0, 0.05) is 19.3 Å². The third kappa shape index (κ3) is 4.03. The lowest BCUT2D eigenvalue weighted by Crippen LogP contribution is -2.36. The summed E-state index contributed by atoms with van der Waals surface area (Å²) < 4.78 is 5.56. The Morgan fingerprint density at radius 3 is 2.86 bits per heavy atom. The van der Waals surface area contributed by atoms with Gasteiger partial charge >= 0.3 is 0 Å². The third-order valence-corrected chi connectivity index (χ3v) is 5.44. The number of nitrogens with zero attached hydrogens (tertiary/aromatic N) is 1. The van der Waals surface area contributed by atoms with E-state index in [1.54, 1.807) is 0 Å². The smallest absolute Gasteiger partial charge is 0.221 e. The molecule has 0 bridgehead atoms. The molecule has 5 heteroatoms. The van der Waals surface area contributed by atoms with Crippen LogP contribution in [-0.2, 0) is 21.5 Å². The summed E-state index contributed by atoms with van der Waals surface area (Å²) in [6.45, 7) is 5.39. The van der Waals surface area contributed by atoms with Crippen molar-refractivity contribution in [3.63, 3.8) is 0 Å². The number of carbonyl (C=O) groups excluding carboxylic acids is 1. The average molecular weight is 378 g/mol. The van der Waals surface area contributed by atoms with Crippen molar-refractivity contribution in [3.8, 4) is 5.75 Å². The van der Waals surface area contributed by atoms with E-state index in [2.05, 4.69) is 42.5 Å². The molecule has 1 atom stereocenters. The zero-order valence-electron chi connectivity index (χ0n) is 16.4. The zero-order valence-corrected chi connectivity index (χ0v) is 16.4. The van der Waals surface area contributed by atoms with Gasteiger partial charge in [-0.05, 0) is 40.3 Å². The molecule has 0 aliphatic carbocycles. The van der Waals surface area contributed by atoms with E-state index in [4.69, 9.17) is 9.57 Å². The zero-order chi connectivity index (χ0) is 19.6. The third-order valence-electron chi connectivity index (χ3n) is 5.44. The number of carbonyl (C=O) groups is 1. The van der Waals surface area contributed by atoms with E-state index in [-0.39, 0.29) is 17.4 Å². The van der Waals surface area contributed by atoms with E-state index in [1.165, 1.54) is 5.56 Å². The SMILES string of the molecule is CC(C)(CC(=O)NC[C@@H]1CC(c2ccc3c(c2)CCO3)=NO1)c1ccccc1. The minimum absolute atomic E-state index is 0.0283. The number of hydrogen-bond donors (Lipinski definition) is 1. The van der Waals surface area contributed by atoms with Gasteiger partial charge in [-0.25, -0.2) is 0 Å². The summed E-state index contributed by atoms with van der Waals surface area (Å²) in [6, 6.07) is 16.3. The Bertz CT molecular complexity index is 890. The van der Waals surface area contributed by atoms with Gasteiger partial charge in [0.05, 0.1) is 18.9 Å². The molecule has 2 aromatic carbocycles. The molecule has 28 heavy (non-hydrogen) atoms. The quantitative estimate of drug-likeness (QED) is 0.836. The molecule has 0 radical (unpaired) electrons. The molecule has 4 rings (SSSR count). The van der Waals surface area contributed by atoms with E-state index in [0.29, 0.717) is 19.4 Å². The molecular weight excluding hydrogens is 352 g/mol. The molecule has 1 amide bonds. The molecule has 5 nitrogen and oxygen atoms in total. The van der Waals surface area contributed by atoms with Crippen molar-refractivity contribution in [1.29, 1.82) is 0 Å². The second kappa shape index (κ2) is 7.66. The van der Waals surface area contributed by atoms with E-state index in [1.807, 2.05) is 30.3 Å². The van der Waals surface area contributed by atoms with Crippen molar-refractivity contribution >= 4 is 11.6 Å². The first-order valence-electron chi connectivity index (χ1n) is 9.82. The lowest BCUT2D eigenvalue weighted by molar-refractivity contribution is -0.122. The highest BCUT2D eigenvalue weighted by Crippen LogP contribution is 2.28. The molecule has 146 valence electrons.